The number of hydrazine groups is 1. The van der Waals surface area contributed by atoms with Crippen molar-refractivity contribution in [2.75, 3.05) is 23.9 Å². The van der Waals surface area contributed by atoms with Gasteiger partial charge in [-0.25, -0.2) is 15.8 Å². The fourth-order valence-electron chi connectivity index (χ4n) is 2.73. The second-order valence-electron chi connectivity index (χ2n) is 5.46. The number of nitrogens with one attached hydrogen (secondary N) is 2. The number of aryl methyl sites for hydroxylation is 1. The van der Waals surface area contributed by atoms with Crippen molar-refractivity contribution < 1.29 is 5.11 Å². The normalized spacial score (nSPS) is 17.5. The first-order valence-corrected chi connectivity index (χ1v) is 6.77. The maximum Gasteiger partial charge on any atom is 0.148 e. The molecule has 0 amide bonds. The standard InChI is InChI=1S/C13H23N5O/c1-9-11(16-10(2)17-12(9)18-14)15-7-13(8-19)5-3-4-6-13/h19H,3-8,14H2,1-2H3,(H2,15,16,17,18). The monoisotopic (exact) mass is 265 g/mol. The average molecular weight is 265 g/mol. The van der Waals surface area contributed by atoms with Gasteiger partial charge in [0.15, 0.2) is 0 Å². The van der Waals surface area contributed by atoms with E-state index in [4.69, 9.17) is 5.84 Å². The molecule has 6 nitrogen and oxygen atoms in total. The molecule has 1 saturated carbocycles. The smallest absolute Gasteiger partial charge is 0.148 e. The largest absolute Gasteiger partial charge is 0.396 e. The summed E-state index contributed by atoms with van der Waals surface area (Å²) in [6.07, 6.45) is 4.53. The molecule has 19 heavy (non-hydrogen) atoms. The molecule has 0 spiro atoms. The number of aliphatic hydroxyl groups is 1. The maximum absolute atomic E-state index is 9.61. The van der Waals surface area contributed by atoms with Crippen LogP contribution >= 0.6 is 0 Å². The highest BCUT2D eigenvalue weighted by Crippen LogP contribution is 2.37. The van der Waals surface area contributed by atoms with Gasteiger partial charge < -0.3 is 15.8 Å². The van der Waals surface area contributed by atoms with Gasteiger partial charge in [-0.2, -0.15) is 0 Å². The van der Waals surface area contributed by atoms with Crippen LogP contribution < -0.4 is 16.6 Å². The van der Waals surface area contributed by atoms with Gasteiger partial charge in [0, 0.05) is 17.5 Å². The van der Waals surface area contributed by atoms with Gasteiger partial charge in [-0.15, -0.1) is 0 Å². The number of nitrogens with two attached hydrogens (primary N) is 1. The zero-order valence-electron chi connectivity index (χ0n) is 11.7. The lowest BCUT2D eigenvalue weighted by Crippen LogP contribution is -2.31. The van der Waals surface area contributed by atoms with E-state index in [1.54, 1.807) is 0 Å². The van der Waals surface area contributed by atoms with Crippen LogP contribution in [0.3, 0.4) is 0 Å². The van der Waals surface area contributed by atoms with Gasteiger partial charge in [-0.3, -0.25) is 0 Å². The van der Waals surface area contributed by atoms with Crippen LogP contribution in [0.5, 0.6) is 0 Å². The van der Waals surface area contributed by atoms with E-state index >= 15 is 0 Å². The van der Waals surface area contributed by atoms with Crippen LogP contribution in [-0.2, 0) is 0 Å². The third kappa shape index (κ3) is 2.96. The highest BCUT2D eigenvalue weighted by molar-refractivity contribution is 5.56. The van der Waals surface area contributed by atoms with Gasteiger partial charge in [0.25, 0.3) is 0 Å². The van der Waals surface area contributed by atoms with Crippen molar-refractivity contribution in [1.29, 1.82) is 0 Å². The number of rotatable bonds is 5. The second-order valence-corrected chi connectivity index (χ2v) is 5.46. The van der Waals surface area contributed by atoms with E-state index < -0.39 is 0 Å². The summed E-state index contributed by atoms with van der Waals surface area (Å²) in [6, 6.07) is 0. The molecule has 0 saturated heterocycles. The third-order valence-electron chi connectivity index (χ3n) is 4.02. The molecule has 2 rings (SSSR count). The Bertz CT molecular complexity index is 443. The van der Waals surface area contributed by atoms with Crippen molar-refractivity contribution in [1.82, 2.24) is 9.97 Å². The third-order valence-corrected chi connectivity index (χ3v) is 4.02. The lowest BCUT2D eigenvalue weighted by atomic mass is 9.87. The van der Waals surface area contributed by atoms with Crippen molar-refractivity contribution in [2.24, 2.45) is 11.3 Å². The van der Waals surface area contributed by atoms with E-state index in [2.05, 4.69) is 20.7 Å². The molecule has 6 heteroatoms. The highest BCUT2D eigenvalue weighted by atomic mass is 16.3. The Morgan fingerprint density at radius 3 is 2.42 bits per heavy atom. The molecule has 1 aliphatic carbocycles. The minimum Gasteiger partial charge on any atom is -0.396 e. The molecule has 0 unspecified atom stereocenters. The minimum atomic E-state index is 0.00159. The van der Waals surface area contributed by atoms with Crippen LogP contribution in [0, 0.1) is 19.3 Å². The fourth-order valence-corrected chi connectivity index (χ4v) is 2.73. The maximum atomic E-state index is 9.61. The van der Waals surface area contributed by atoms with E-state index in [0.717, 1.165) is 30.8 Å². The van der Waals surface area contributed by atoms with Gasteiger partial charge >= 0.3 is 0 Å². The predicted octanol–water partition coefficient (Wildman–Crippen LogP) is 1.34. The number of aliphatic hydroxyl groups excluding tert-OH is 1. The van der Waals surface area contributed by atoms with Crippen LogP contribution in [0.15, 0.2) is 0 Å². The average Bonchev–Trinajstić information content (AvgIpc) is 2.89. The molecule has 106 valence electrons. The van der Waals surface area contributed by atoms with Crippen molar-refractivity contribution in [3.8, 4) is 0 Å². The summed E-state index contributed by atoms with van der Waals surface area (Å²) in [5.41, 5.74) is 3.49. The lowest BCUT2D eigenvalue weighted by molar-refractivity contribution is 0.142. The summed E-state index contributed by atoms with van der Waals surface area (Å²) in [5, 5.41) is 13.0. The second kappa shape index (κ2) is 5.71. The van der Waals surface area contributed by atoms with Crippen molar-refractivity contribution >= 4 is 11.6 Å². The minimum absolute atomic E-state index is 0.00159. The topological polar surface area (TPSA) is 96.1 Å². The first-order chi connectivity index (χ1) is 9.10. The van der Waals surface area contributed by atoms with Gasteiger partial charge in [0.05, 0.1) is 6.61 Å². The van der Waals surface area contributed by atoms with Gasteiger partial charge in [-0.05, 0) is 26.7 Å². The van der Waals surface area contributed by atoms with E-state index in [1.807, 2.05) is 13.8 Å². The molecular weight excluding hydrogens is 242 g/mol. The zero-order chi connectivity index (χ0) is 13.9. The molecule has 1 aromatic heterocycles. The molecule has 1 heterocycles. The SMILES string of the molecule is Cc1nc(NN)c(C)c(NCC2(CO)CCCC2)n1. The van der Waals surface area contributed by atoms with Crippen molar-refractivity contribution in [3.05, 3.63) is 11.4 Å². The molecule has 0 atom stereocenters. The van der Waals surface area contributed by atoms with E-state index in [-0.39, 0.29) is 12.0 Å². The number of aromatic nitrogens is 2. The molecule has 1 aromatic rings. The van der Waals surface area contributed by atoms with Gasteiger partial charge in [-0.1, -0.05) is 12.8 Å². The van der Waals surface area contributed by atoms with Crippen molar-refractivity contribution in [3.63, 3.8) is 0 Å². The lowest BCUT2D eigenvalue weighted by Gasteiger charge is -2.27. The Kier molecular flexibility index (Phi) is 4.21. The van der Waals surface area contributed by atoms with Crippen LogP contribution in [0.2, 0.25) is 0 Å². The van der Waals surface area contributed by atoms with Crippen LogP contribution in [0.4, 0.5) is 11.6 Å². The molecule has 5 N–H and O–H groups in total. The summed E-state index contributed by atoms with van der Waals surface area (Å²) in [6.45, 7) is 4.73. The quantitative estimate of drug-likeness (QED) is 0.474. The number of hydrogen-bond donors (Lipinski definition) is 4. The Hall–Kier alpha value is -1.40. The van der Waals surface area contributed by atoms with Gasteiger partial charge in [0.1, 0.15) is 17.5 Å². The summed E-state index contributed by atoms with van der Waals surface area (Å²) < 4.78 is 0. The molecule has 1 fully saturated rings. The Morgan fingerprint density at radius 2 is 1.84 bits per heavy atom. The molecule has 1 aliphatic rings. The summed E-state index contributed by atoms with van der Waals surface area (Å²) in [4.78, 5) is 8.64. The fraction of sp³-hybridized carbons (Fsp3) is 0.692. The highest BCUT2D eigenvalue weighted by Gasteiger charge is 2.33. The Labute approximate surface area is 113 Å². The van der Waals surface area contributed by atoms with E-state index in [0.29, 0.717) is 11.6 Å². The summed E-state index contributed by atoms with van der Waals surface area (Å²) >= 11 is 0. The molecular formula is C13H23N5O. The molecule has 0 bridgehead atoms. The van der Waals surface area contributed by atoms with Gasteiger partial charge in [0.2, 0.25) is 0 Å². The number of nitrogens with zero attached hydrogens (tertiary/aromatic N) is 2. The van der Waals surface area contributed by atoms with Crippen LogP contribution in [0.25, 0.3) is 0 Å². The van der Waals surface area contributed by atoms with Crippen molar-refractivity contribution in [2.45, 2.75) is 39.5 Å². The Balaban J connectivity index is 2.13. The van der Waals surface area contributed by atoms with Crippen LogP contribution in [-0.4, -0.2) is 28.2 Å². The molecule has 0 aromatic carbocycles. The summed E-state index contributed by atoms with van der Waals surface area (Å²) in [5.74, 6) is 7.55. The van der Waals surface area contributed by atoms with E-state index in [1.165, 1.54) is 12.8 Å². The number of anilines is 2. The summed E-state index contributed by atoms with van der Waals surface area (Å²) in [7, 11) is 0. The first-order valence-electron chi connectivity index (χ1n) is 6.77. The Morgan fingerprint density at radius 1 is 1.21 bits per heavy atom. The molecule has 0 radical (unpaired) electrons. The first kappa shape index (κ1) is 14.0. The zero-order valence-corrected chi connectivity index (χ0v) is 11.7. The van der Waals surface area contributed by atoms with Crippen LogP contribution in [0.1, 0.15) is 37.1 Å². The predicted molar refractivity (Wildman–Crippen MR) is 75.8 cm³/mol. The van der Waals surface area contributed by atoms with E-state index in [9.17, 15) is 5.11 Å². The number of hydrogen-bond acceptors (Lipinski definition) is 6. The molecule has 0 aliphatic heterocycles. The number of nitrogen functional groups attached to an aromatic ring is 1.